The number of aliphatic imine (C=N–C) groups is 2. The fourth-order valence-corrected chi connectivity index (χ4v) is 3.69. The van der Waals surface area contributed by atoms with Gasteiger partial charge in [-0.25, -0.2) is 13.2 Å². The predicted octanol–water partition coefficient (Wildman–Crippen LogP) is 7.00. The van der Waals surface area contributed by atoms with Gasteiger partial charge in [-0.2, -0.15) is 0 Å². The first-order chi connectivity index (χ1) is 18.5. The zero-order chi connectivity index (χ0) is 29.0. The molecule has 2 aromatic rings. The van der Waals surface area contributed by atoms with Crippen molar-refractivity contribution >= 4 is 29.2 Å². The monoisotopic (exact) mass is 543 g/mol. The number of unbranched alkanes of at least 4 members (excludes halogenated alkanes) is 1. The summed E-state index contributed by atoms with van der Waals surface area (Å²) in [4.78, 5) is 22.1. The molecule has 6 nitrogen and oxygen atoms in total. The number of carbonyl (C=O) groups is 1. The van der Waals surface area contributed by atoms with Gasteiger partial charge in [0.15, 0.2) is 0 Å². The van der Waals surface area contributed by atoms with Crippen molar-refractivity contribution in [1.82, 2.24) is 5.32 Å². The first-order valence-electron chi connectivity index (χ1n) is 12.7. The number of halogens is 3. The Hall–Kier alpha value is -3.56. The van der Waals surface area contributed by atoms with Crippen molar-refractivity contribution in [3.63, 3.8) is 0 Å². The number of nitrogens with zero attached hydrogens (tertiary/aromatic N) is 2. The van der Waals surface area contributed by atoms with E-state index in [-0.39, 0.29) is 36.5 Å². The van der Waals surface area contributed by atoms with Crippen LogP contribution in [0.15, 0.2) is 77.3 Å². The van der Waals surface area contributed by atoms with Gasteiger partial charge in [0.1, 0.15) is 5.82 Å². The molecule has 0 aromatic heterocycles. The van der Waals surface area contributed by atoms with Crippen molar-refractivity contribution in [2.75, 3.05) is 0 Å². The zero-order valence-electron chi connectivity index (χ0n) is 22.4. The highest BCUT2D eigenvalue weighted by molar-refractivity contribution is 5.97. The molecule has 2 rings (SSSR count). The Labute approximate surface area is 227 Å². The Morgan fingerprint density at radius 3 is 2.46 bits per heavy atom. The zero-order valence-corrected chi connectivity index (χ0v) is 22.4. The molecule has 0 radical (unpaired) electrons. The van der Waals surface area contributed by atoms with E-state index in [0.717, 1.165) is 17.7 Å². The Balaban J connectivity index is 2.30. The van der Waals surface area contributed by atoms with Gasteiger partial charge in [-0.15, -0.1) is 6.58 Å². The van der Waals surface area contributed by atoms with E-state index >= 15 is 0 Å². The summed E-state index contributed by atoms with van der Waals surface area (Å²) in [5.74, 6) is -4.35. The van der Waals surface area contributed by atoms with Crippen molar-refractivity contribution in [3.8, 4) is 0 Å². The number of hydrogen-bond acceptors (Lipinski definition) is 5. The molecule has 9 heteroatoms. The second-order valence-corrected chi connectivity index (χ2v) is 9.19. The van der Waals surface area contributed by atoms with Gasteiger partial charge >= 0.3 is 0 Å². The second kappa shape index (κ2) is 15.1. The van der Waals surface area contributed by atoms with Crippen LogP contribution in [0.5, 0.6) is 0 Å². The van der Waals surface area contributed by atoms with Crippen LogP contribution in [0.2, 0.25) is 0 Å². The third kappa shape index (κ3) is 9.92. The van der Waals surface area contributed by atoms with Crippen molar-refractivity contribution in [2.24, 2.45) is 15.9 Å². The first kappa shape index (κ1) is 31.7. The van der Waals surface area contributed by atoms with Crippen LogP contribution in [-0.4, -0.2) is 40.3 Å². The lowest BCUT2D eigenvalue weighted by molar-refractivity contribution is -0.211. The Morgan fingerprint density at radius 1 is 1.15 bits per heavy atom. The molecule has 39 heavy (non-hydrogen) atoms. The van der Waals surface area contributed by atoms with Gasteiger partial charge in [0, 0.05) is 29.8 Å². The average Bonchev–Trinajstić information content (AvgIpc) is 2.89. The molecule has 2 unspecified atom stereocenters. The van der Waals surface area contributed by atoms with Crippen LogP contribution < -0.4 is 5.32 Å². The van der Waals surface area contributed by atoms with Crippen LogP contribution in [0.3, 0.4) is 0 Å². The third-order valence-electron chi connectivity index (χ3n) is 6.15. The summed E-state index contributed by atoms with van der Waals surface area (Å²) in [6.45, 7) is 9.46. The van der Waals surface area contributed by atoms with Crippen molar-refractivity contribution in [2.45, 2.75) is 64.7 Å². The lowest BCUT2D eigenvalue weighted by atomic mass is 10.00. The normalized spacial score (nSPS) is 14.2. The maximum Gasteiger partial charge on any atom is 0.297 e. The van der Waals surface area contributed by atoms with Crippen LogP contribution in [-0.2, 0) is 0 Å². The van der Waals surface area contributed by atoms with Crippen molar-refractivity contribution in [1.29, 1.82) is 0 Å². The highest BCUT2D eigenvalue weighted by Crippen LogP contribution is 2.31. The molecule has 2 aromatic carbocycles. The number of rotatable bonds is 14. The van der Waals surface area contributed by atoms with E-state index < -0.39 is 18.6 Å². The summed E-state index contributed by atoms with van der Waals surface area (Å²) in [6.07, 6.45) is 4.62. The maximum absolute atomic E-state index is 13.5. The molecule has 0 bridgehead atoms. The Morgan fingerprint density at radius 2 is 1.85 bits per heavy atom. The minimum atomic E-state index is -3.60. The standard InChI is InChI=1S/C30H36F3N3O3/c1-5-7-10-22(6-2)20(3)35-26-16-13-24(28(37)36-21(4)23-11-14-25(31)15-12-23)19-27(26)34-18-9-8-17-30(32,33)29(38)39/h5-7,11-16,18-19,21-22,29,38-39H,2,8-10,17H2,1,3-4H3,(H,36,37)/b7-5-,34-18?,35-20?. The fourth-order valence-electron chi connectivity index (χ4n) is 3.69. The molecule has 0 aliphatic rings. The number of nitrogens with one attached hydrogen (secondary N) is 1. The fraction of sp³-hybridized carbons (Fsp3) is 0.367. The van der Waals surface area contributed by atoms with Gasteiger partial charge in [-0.1, -0.05) is 30.4 Å². The van der Waals surface area contributed by atoms with Crippen molar-refractivity contribution in [3.05, 3.63) is 84.2 Å². The minimum absolute atomic E-state index is 0.00953. The molecule has 3 N–H and O–H groups in total. The number of aliphatic hydroxyl groups excluding tert-OH is 1. The van der Waals surface area contributed by atoms with Gasteiger partial charge in [0.25, 0.3) is 11.8 Å². The molecule has 0 aliphatic heterocycles. The van der Waals surface area contributed by atoms with Gasteiger partial charge in [0.05, 0.1) is 17.4 Å². The molecule has 0 fully saturated rings. The van der Waals surface area contributed by atoms with Crippen LogP contribution in [0.4, 0.5) is 24.5 Å². The lowest BCUT2D eigenvalue weighted by Crippen LogP contribution is -2.32. The molecule has 0 spiro atoms. The van der Waals surface area contributed by atoms with E-state index in [4.69, 9.17) is 15.2 Å². The summed E-state index contributed by atoms with van der Waals surface area (Å²) in [7, 11) is 0. The summed E-state index contributed by atoms with van der Waals surface area (Å²) in [6, 6.07) is 10.3. The van der Waals surface area contributed by atoms with Crippen LogP contribution in [0.1, 0.15) is 68.4 Å². The molecule has 2 atom stereocenters. The third-order valence-corrected chi connectivity index (χ3v) is 6.15. The summed E-state index contributed by atoms with van der Waals surface area (Å²) >= 11 is 0. The molecule has 0 aliphatic carbocycles. The predicted molar refractivity (Wildman–Crippen MR) is 150 cm³/mol. The quantitative estimate of drug-likeness (QED) is 0.104. The van der Waals surface area contributed by atoms with Gasteiger partial charge in [0.2, 0.25) is 6.29 Å². The number of hydrogen-bond donors (Lipinski definition) is 3. The molecule has 0 heterocycles. The van der Waals surface area contributed by atoms with Gasteiger partial charge < -0.3 is 15.5 Å². The largest absolute Gasteiger partial charge is 0.363 e. The highest BCUT2D eigenvalue weighted by atomic mass is 19.3. The van der Waals surface area contributed by atoms with Crippen molar-refractivity contribution < 1.29 is 28.2 Å². The van der Waals surface area contributed by atoms with E-state index in [1.807, 2.05) is 26.0 Å². The van der Waals surface area contributed by atoms with E-state index in [1.165, 1.54) is 18.3 Å². The topological polar surface area (TPSA) is 94.3 Å². The summed E-state index contributed by atoms with van der Waals surface area (Å²) in [5.41, 5.74) is 2.71. The second-order valence-electron chi connectivity index (χ2n) is 9.19. The Bertz CT molecular complexity index is 1190. The number of alkyl halides is 2. The number of aliphatic hydroxyl groups is 2. The van der Waals surface area contributed by atoms with Gasteiger partial charge in [-0.3, -0.25) is 14.8 Å². The number of amides is 1. The highest BCUT2D eigenvalue weighted by Gasteiger charge is 2.36. The van der Waals surface area contributed by atoms with Crippen LogP contribution in [0.25, 0.3) is 0 Å². The lowest BCUT2D eigenvalue weighted by Gasteiger charge is -2.17. The SMILES string of the molecule is C=CC(C/C=C\C)C(C)=Nc1ccc(C(=O)NC(C)c2ccc(F)cc2)cc1N=CCCCC(F)(F)C(O)O. The summed E-state index contributed by atoms with van der Waals surface area (Å²) in [5, 5.41) is 20.4. The molecule has 210 valence electrons. The van der Waals surface area contributed by atoms with E-state index in [1.54, 1.807) is 43.3 Å². The first-order valence-corrected chi connectivity index (χ1v) is 12.7. The van der Waals surface area contributed by atoms with E-state index in [0.29, 0.717) is 16.9 Å². The molecule has 0 saturated carbocycles. The van der Waals surface area contributed by atoms with Crippen LogP contribution in [0, 0.1) is 11.7 Å². The Kier molecular flexibility index (Phi) is 12.3. The smallest absolute Gasteiger partial charge is 0.297 e. The van der Waals surface area contributed by atoms with E-state index in [9.17, 15) is 18.0 Å². The minimum Gasteiger partial charge on any atom is -0.363 e. The molecule has 0 saturated heterocycles. The van der Waals surface area contributed by atoms with Gasteiger partial charge in [-0.05, 0) is 75.9 Å². The van der Waals surface area contributed by atoms with Crippen LogP contribution >= 0.6 is 0 Å². The number of allylic oxidation sites excluding steroid dienone is 3. The average molecular weight is 544 g/mol. The molecular formula is C30H36F3N3O3. The molecular weight excluding hydrogens is 507 g/mol. The number of benzene rings is 2. The molecule has 1 amide bonds. The summed E-state index contributed by atoms with van der Waals surface area (Å²) < 4.78 is 40.2. The van der Waals surface area contributed by atoms with E-state index in [2.05, 4.69) is 16.9 Å². The maximum atomic E-state index is 13.5. The number of carbonyl (C=O) groups excluding carboxylic acids is 1.